The van der Waals surface area contributed by atoms with E-state index in [4.69, 9.17) is 9.84 Å². The summed E-state index contributed by atoms with van der Waals surface area (Å²) in [5.74, 6) is -1.39. The molecule has 0 saturated carbocycles. The maximum Gasteiger partial charge on any atom is 0.418 e. The minimum Gasteiger partial charge on any atom is -0.478 e. The summed E-state index contributed by atoms with van der Waals surface area (Å²) < 4.78 is 44.1. The maximum absolute atomic E-state index is 13.1. The van der Waals surface area contributed by atoms with Crippen LogP contribution < -0.4 is 4.90 Å². The summed E-state index contributed by atoms with van der Waals surface area (Å²) in [7, 11) is 2.97. The predicted molar refractivity (Wildman–Crippen MR) is 68.1 cm³/mol. The van der Waals surface area contributed by atoms with Gasteiger partial charge in [0, 0.05) is 25.9 Å². The molecule has 1 N–H and O–H groups in total. The zero-order valence-electron chi connectivity index (χ0n) is 11.4. The molecule has 0 fully saturated rings. The number of carbonyl (C=O) groups is 1. The summed E-state index contributed by atoms with van der Waals surface area (Å²) in [6.07, 6.45) is -4.62. The Morgan fingerprint density at radius 3 is 2.50 bits per heavy atom. The topological polar surface area (TPSA) is 49.8 Å². The zero-order valence-corrected chi connectivity index (χ0v) is 11.4. The molecule has 7 heteroatoms. The quantitative estimate of drug-likeness (QED) is 0.906. The van der Waals surface area contributed by atoms with Crippen molar-refractivity contribution in [3.63, 3.8) is 0 Å². The minimum atomic E-state index is -4.62. The van der Waals surface area contributed by atoms with E-state index >= 15 is 0 Å². The highest BCUT2D eigenvalue weighted by Crippen LogP contribution is 2.37. The highest BCUT2D eigenvalue weighted by Gasteiger charge is 2.35. The van der Waals surface area contributed by atoms with Gasteiger partial charge in [-0.25, -0.2) is 4.79 Å². The number of ether oxygens (including phenoxy) is 1. The Hall–Kier alpha value is -1.76. The smallest absolute Gasteiger partial charge is 0.418 e. The molecule has 0 aliphatic carbocycles. The first-order valence-electron chi connectivity index (χ1n) is 5.84. The van der Waals surface area contributed by atoms with Crippen molar-refractivity contribution in [2.75, 3.05) is 25.7 Å². The molecule has 20 heavy (non-hydrogen) atoms. The van der Waals surface area contributed by atoms with Crippen molar-refractivity contribution in [3.05, 3.63) is 29.3 Å². The summed E-state index contributed by atoms with van der Waals surface area (Å²) in [6, 6.07) is 2.69. The molecule has 1 unspecified atom stereocenters. The van der Waals surface area contributed by atoms with E-state index in [1.54, 1.807) is 6.92 Å². The second kappa shape index (κ2) is 6.13. The van der Waals surface area contributed by atoms with Crippen LogP contribution in [-0.2, 0) is 10.9 Å². The van der Waals surface area contributed by atoms with E-state index < -0.39 is 23.3 Å². The Morgan fingerprint density at radius 1 is 1.45 bits per heavy atom. The number of carboxylic acid groups (broad SMARTS) is 1. The van der Waals surface area contributed by atoms with Crippen molar-refractivity contribution >= 4 is 11.7 Å². The number of alkyl halides is 3. The van der Waals surface area contributed by atoms with E-state index in [2.05, 4.69) is 0 Å². The molecule has 0 aromatic heterocycles. The van der Waals surface area contributed by atoms with Gasteiger partial charge >= 0.3 is 12.1 Å². The third-order valence-electron chi connectivity index (χ3n) is 3.00. The number of carboxylic acids is 1. The van der Waals surface area contributed by atoms with Gasteiger partial charge in [0.15, 0.2) is 0 Å². The second-order valence-corrected chi connectivity index (χ2v) is 4.45. The fraction of sp³-hybridized carbons (Fsp3) is 0.462. The molecule has 0 radical (unpaired) electrons. The van der Waals surface area contributed by atoms with Crippen LogP contribution in [0.15, 0.2) is 18.2 Å². The first-order valence-corrected chi connectivity index (χ1v) is 5.84. The zero-order chi connectivity index (χ0) is 15.5. The number of methoxy groups -OCH3 is 1. The molecule has 0 aliphatic heterocycles. The highest BCUT2D eigenvalue weighted by molar-refractivity contribution is 5.88. The van der Waals surface area contributed by atoms with E-state index in [1.165, 1.54) is 25.1 Å². The van der Waals surface area contributed by atoms with Crippen molar-refractivity contribution in [1.82, 2.24) is 0 Å². The van der Waals surface area contributed by atoms with Crippen molar-refractivity contribution in [2.45, 2.75) is 19.1 Å². The molecule has 0 heterocycles. The second-order valence-electron chi connectivity index (χ2n) is 4.45. The predicted octanol–water partition coefficient (Wildman–Crippen LogP) is 2.87. The molecule has 0 amide bonds. The van der Waals surface area contributed by atoms with Gasteiger partial charge in [0.05, 0.1) is 17.7 Å². The van der Waals surface area contributed by atoms with E-state index in [0.29, 0.717) is 6.07 Å². The number of hydrogen-bond donors (Lipinski definition) is 1. The van der Waals surface area contributed by atoms with Gasteiger partial charge in [-0.1, -0.05) is 0 Å². The van der Waals surface area contributed by atoms with E-state index in [0.717, 1.165) is 6.07 Å². The van der Waals surface area contributed by atoms with Crippen molar-refractivity contribution in [3.8, 4) is 0 Å². The number of rotatable bonds is 5. The molecule has 1 rings (SSSR count). The molecule has 1 aromatic rings. The van der Waals surface area contributed by atoms with Crippen molar-refractivity contribution in [1.29, 1.82) is 0 Å². The van der Waals surface area contributed by atoms with E-state index in [9.17, 15) is 18.0 Å². The third kappa shape index (κ3) is 3.63. The Labute approximate surface area is 114 Å². The summed E-state index contributed by atoms with van der Waals surface area (Å²) in [4.78, 5) is 12.2. The standard InChI is InChI=1S/C13H16F3NO3/c1-8(7-20-3)17(2)11-5-4-9(12(18)19)6-10(11)13(14,15)16/h4-6,8H,7H2,1-3H3,(H,18,19). The lowest BCUT2D eigenvalue weighted by atomic mass is 10.1. The maximum atomic E-state index is 13.1. The van der Waals surface area contributed by atoms with Gasteiger partial charge in [-0.2, -0.15) is 13.2 Å². The Bertz CT molecular complexity index is 488. The Kier molecular flexibility index (Phi) is 4.99. The molecule has 0 saturated heterocycles. The van der Waals surface area contributed by atoms with Crippen molar-refractivity contribution in [2.24, 2.45) is 0 Å². The van der Waals surface area contributed by atoms with Crippen LogP contribution in [0.5, 0.6) is 0 Å². The van der Waals surface area contributed by atoms with Gasteiger partial charge in [-0.15, -0.1) is 0 Å². The average Bonchev–Trinajstić information content (AvgIpc) is 2.36. The van der Waals surface area contributed by atoms with Gasteiger partial charge in [-0.05, 0) is 25.1 Å². The lowest BCUT2D eigenvalue weighted by Gasteiger charge is -2.29. The van der Waals surface area contributed by atoms with Gasteiger partial charge < -0.3 is 14.7 Å². The SMILES string of the molecule is COCC(C)N(C)c1ccc(C(=O)O)cc1C(F)(F)F. The van der Waals surface area contributed by atoms with Crippen LogP contribution in [0.3, 0.4) is 0 Å². The van der Waals surface area contributed by atoms with E-state index in [-0.39, 0.29) is 18.3 Å². The van der Waals surface area contributed by atoms with Crippen LogP contribution in [0.4, 0.5) is 18.9 Å². The number of likely N-dealkylation sites (N-methyl/N-ethyl adjacent to an activating group) is 1. The molecule has 1 aromatic carbocycles. The number of nitrogens with zero attached hydrogens (tertiary/aromatic N) is 1. The first kappa shape index (κ1) is 16.3. The normalized spacial score (nSPS) is 13.1. The average molecular weight is 291 g/mol. The monoisotopic (exact) mass is 291 g/mol. The molecular weight excluding hydrogens is 275 g/mol. The number of halogens is 3. The molecule has 0 spiro atoms. The third-order valence-corrected chi connectivity index (χ3v) is 3.00. The fourth-order valence-electron chi connectivity index (χ4n) is 1.79. The summed E-state index contributed by atoms with van der Waals surface area (Å²) in [5, 5.41) is 8.80. The number of benzene rings is 1. The first-order chi connectivity index (χ1) is 9.18. The van der Waals surface area contributed by atoms with Crippen LogP contribution in [0.1, 0.15) is 22.8 Å². The van der Waals surface area contributed by atoms with Crippen LogP contribution in [-0.4, -0.2) is 37.9 Å². The fourth-order valence-corrected chi connectivity index (χ4v) is 1.79. The van der Waals surface area contributed by atoms with Gasteiger partial charge in [0.1, 0.15) is 0 Å². The minimum absolute atomic E-state index is 0.0768. The van der Waals surface area contributed by atoms with Gasteiger partial charge in [-0.3, -0.25) is 0 Å². The van der Waals surface area contributed by atoms with Gasteiger partial charge in [0.25, 0.3) is 0 Å². The molecule has 0 aliphatic rings. The number of anilines is 1. The summed E-state index contributed by atoms with van der Waals surface area (Å²) in [6.45, 7) is 1.98. The largest absolute Gasteiger partial charge is 0.478 e. The van der Waals surface area contributed by atoms with Crippen molar-refractivity contribution < 1.29 is 27.8 Å². The molecular formula is C13H16F3NO3. The molecule has 1 atom stereocenters. The molecule has 112 valence electrons. The summed E-state index contributed by atoms with van der Waals surface area (Å²) in [5.41, 5.74) is -1.44. The Balaban J connectivity index is 3.28. The van der Waals surface area contributed by atoms with Crippen LogP contribution in [0, 0.1) is 0 Å². The van der Waals surface area contributed by atoms with Crippen LogP contribution in [0.25, 0.3) is 0 Å². The highest BCUT2D eigenvalue weighted by atomic mass is 19.4. The number of aromatic carboxylic acids is 1. The lowest BCUT2D eigenvalue weighted by Crippen LogP contribution is -2.34. The van der Waals surface area contributed by atoms with Crippen LogP contribution in [0.2, 0.25) is 0 Å². The van der Waals surface area contributed by atoms with E-state index in [1.807, 2.05) is 0 Å². The molecule has 4 nitrogen and oxygen atoms in total. The lowest BCUT2D eigenvalue weighted by molar-refractivity contribution is -0.137. The van der Waals surface area contributed by atoms with Crippen LogP contribution >= 0.6 is 0 Å². The molecule has 0 bridgehead atoms. The summed E-state index contributed by atoms with van der Waals surface area (Å²) >= 11 is 0. The van der Waals surface area contributed by atoms with Gasteiger partial charge in [0.2, 0.25) is 0 Å². The number of hydrogen-bond acceptors (Lipinski definition) is 3. The Morgan fingerprint density at radius 2 is 2.05 bits per heavy atom.